The van der Waals surface area contributed by atoms with Crippen LogP contribution in [0.4, 0.5) is 4.39 Å². The van der Waals surface area contributed by atoms with Gasteiger partial charge in [-0.15, -0.1) is 0 Å². The summed E-state index contributed by atoms with van der Waals surface area (Å²) in [6, 6.07) is 4.47. The molecule has 1 saturated carbocycles. The van der Waals surface area contributed by atoms with Gasteiger partial charge in [0, 0.05) is 17.4 Å². The van der Waals surface area contributed by atoms with Gasteiger partial charge >= 0.3 is 5.97 Å². The van der Waals surface area contributed by atoms with Crippen molar-refractivity contribution in [2.75, 3.05) is 13.2 Å². The largest absolute Gasteiger partial charge is 0.493 e. The van der Waals surface area contributed by atoms with Gasteiger partial charge in [-0.3, -0.25) is 4.79 Å². The fraction of sp³-hybridized carbons (Fsp3) is 0.462. The van der Waals surface area contributed by atoms with Crippen LogP contribution in [0, 0.1) is 17.7 Å². The maximum Gasteiger partial charge on any atom is 0.309 e. The average molecular weight is 236 g/mol. The first-order valence-corrected chi connectivity index (χ1v) is 5.81. The average Bonchev–Trinajstić information content (AvgIpc) is 3.04. The van der Waals surface area contributed by atoms with Crippen LogP contribution in [0.3, 0.4) is 0 Å². The summed E-state index contributed by atoms with van der Waals surface area (Å²) in [5, 5.41) is 0. The number of carbonyl (C=O) groups is 1. The maximum absolute atomic E-state index is 13.2. The zero-order valence-corrected chi connectivity index (χ0v) is 9.48. The van der Waals surface area contributed by atoms with Crippen molar-refractivity contribution in [2.24, 2.45) is 11.8 Å². The molecular weight excluding hydrogens is 223 g/mol. The summed E-state index contributed by atoms with van der Waals surface area (Å²) in [6.07, 6.45) is 0. The molecule has 0 radical (unpaired) electrons. The van der Waals surface area contributed by atoms with Crippen molar-refractivity contribution in [3.05, 3.63) is 29.6 Å². The quantitative estimate of drug-likeness (QED) is 0.738. The topological polar surface area (TPSA) is 35.5 Å². The molecule has 90 valence electrons. The van der Waals surface area contributed by atoms with E-state index in [1.165, 1.54) is 12.1 Å². The lowest BCUT2D eigenvalue weighted by atomic mass is 10.1. The van der Waals surface area contributed by atoms with Gasteiger partial charge in [0.05, 0.1) is 19.1 Å². The van der Waals surface area contributed by atoms with E-state index in [-0.39, 0.29) is 29.5 Å². The van der Waals surface area contributed by atoms with Crippen molar-refractivity contribution < 1.29 is 18.7 Å². The SMILES string of the molecule is CCOC(=O)[C@@H]1[C@@H]2COc3ccc(F)cc3[C@@H]21. The molecule has 0 aromatic heterocycles. The van der Waals surface area contributed by atoms with Crippen molar-refractivity contribution in [3.63, 3.8) is 0 Å². The molecule has 3 rings (SSSR count). The van der Waals surface area contributed by atoms with Gasteiger partial charge < -0.3 is 9.47 Å². The van der Waals surface area contributed by atoms with E-state index in [1.807, 2.05) is 0 Å². The molecule has 1 aromatic carbocycles. The van der Waals surface area contributed by atoms with Crippen LogP contribution in [0.1, 0.15) is 18.4 Å². The van der Waals surface area contributed by atoms with E-state index in [2.05, 4.69) is 0 Å². The van der Waals surface area contributed by atoms with Crippen LogP contribution in [0.15, 0.2) is 18.2 Å². The number of esters is 1. The number of ether oxygens (including phenoxy) is 2. The van der Waals surface area contributed by atoms with Gasteiger partial charge in [0.15, 0.2) is 0 Å². The van der Waals surface area contributed by atoms with Gasteiger partial charge in [0.1, 0.15) is 11.6 Å². The Bertz CT molecular complexity index is 472. The second-order valence-corrected chi connectivity index (χ2v) is 4.46. The minimum Gasteiger partial charge on any atom is -0.493 e. The molecule has 3 atom stereocenters. The van der Waals surface area contributed by atoms with E-state index in [9.17, 15) is 9.18 Å². The van der Waals surface area contributed by atoms with Crippen molar-refractivity contribution in [2.45, 2.75) is 12.8 Å². The number of hydrogen-bond donors (Lipinski definition) is 0. The summed E-state index contributed by atoms with van der Waals surface area (Å²) in [6.45, 7) is 2.69. The number of carbonyl (C=O) groups excluding carboxylic acids is 1. The van der Waals surface area contributed by atoms with Crippen LogP contribution in [-0.4, -0.2) is 19.2 Å². The van der Waals surface area contributed by atoms with Crippen LogP contribution in [0.2, 0.25) is 0 Å². The van der Waals surface area contributed by atoms with E-state index in [0.717, 1.165) is 5.56 Å². The summed E-state index contributed by atoms with van der Waals surface area (Å²) >= 11 is 0. The number of halogens is 1. The molecule has 0 N–H and O–H groups in total. The molecule has 1 aliphatic carbocycles. The highest BCUT2D eigenvalue weighted by atomic mass is 19.1. The summed E-state index contributed by atoms with van der Waals surface area (Å²) < 4.78 is 23.7. The molecule has 1 aromatic rings. The second-order valence-electron chi connectivity index (χ2n) is 4.46. The Hall–Kier alpha value is -1.58. The molecule has 0 saturated heterocycles. The van der Waals surface area contributed by atoms with E-state index in [1.54, 1.807) is 13.0 Å². The summed E-state index contributed by atoms with van der Waals surface area (Å²) in [4.78, 5) is 11.7. The molecule has 17 heavy (non-hydrogen) atoms. The Morgan fingerprint density at radius 1 is 1.59 bits per heavy atom. The molecule has 0 bridgehead atoms. The predicted octanol–water partition coefficient (Wildman–Crippen LogP) is 2.11. The Balaban J connectivity index is 1.88. The first kappa shape index (κ1) is 10.6. The maximum atomic E-state index is 13.2. The fourth-order valence-electron chi connectivity index (χ4n) is 2.66. The van der Waals surface area contributed by atoms with E-state index >= 15 is 0 Å². The van der Waals surface area contributed by atoms with E-state index in [0.29, 0.717) is 19.0 Å². The third-order valence-corrected chi connectivity index (χ3v) is 3.49. The van der Waals surface area contributed by atoms with E-state index < -0.39 is 0 Å². The van der Waals surface area contributed by atoms with Crippen LogP contribution in [-0.2, 0) is 9.53 Å². The van der Waals surface area contributed by atoms with Crippen molar-refractivity contribution in [3.8, 4) is 5.75 Å². The molecule has 1 aliphatic heterocycles. The van der Waals surface area contributed by atoms with Gasteiger partial charge in [-0.05, 0) is 25.1 Å². The number of rotatable bonds is 2. The van der Waals surface area contributed by atoms with Crippen molar-refractivity contribution in [1.29, 1.82) is 0 Å². The molecule has 1 fully saturated rings. The highest BCUT2D eigenvalue weighted by Gasteiger charge is 2.59. The van der Waals surface area contributed by atoms with Crippen LogP contribution in [0.5, 0.6) is 5.75 Å². The first-order chi connectivity index (χ1) is 8.22. The van der Waals surface area contributed by atoms with E-state index in [4.69, 9.17) is 9.47 Å². The highest BCUT2D eigenvalue weighted by Crippen LogP contribution is 2.59. The molecule has 1 heterocycles. The molecule has 0 unspecified atom stereocenters. The Morgan fingerprint density at radius 2 is 2.41 bits per heavy atom. The monoisotopic (exact) mass is 236 g/mol. The van der Waals surface area contributed by atoms with Gasteiger partial charge in [0.2, 0.25) is 0 Å². The van der Waals surface area contributed by atoms with Crippen molar-refractivity contribution in [1.82, 2.24) is 0 Å². The van der Waals surface area contributed by atoms with Crippen LogP contribution in [0.25, 0.3) is 0 Å². The Morgan fingerprint density at radius 3 is 3.18 bits per heavy atom. The van der Waals surface area contributed by atoms with Crippen LogP contribution < -0.4 is 4.74 Å². The smallest absolute Gasteiger partial charge is 0.309 e. The molecule has 2 aliphatic rings. The zero-order chi connectivity index (χ0) is 12.0. The standard InChI is InChI=1S/C13H13FO3/c1-2-16-13(15)12-9-6-17-10-4-3-7(14)5-8(10)11(9)12/h3-5,9,11-12H,2,6H2,1H3/t9-,11+,12-/m1/s1. The Kier molecular flexibility index (Phi) is 2.31. The third kappa shape index (κ3) is 1.59. The van der Waals surface area contributed by atoms with Gasteiger partial charge in [-0.1, -0.05) is 0 Å². The fourth-order valence-corrected chi connectivity index (χ4v) is 2.66. The predicted molar refractivity (Wildman–Crippen MR) is 58.2 cm³/mol. The summed E-state index contributed by atoms with van der Waals surface area (Å²) in [5.74, 6) is 0.292. The summed E-state index contributed by atoms with van der Waals surface area (Å²) in [7, 11) is 0. The first-order valence-electron chi connectivity index (χ1n) is 5.81. The van der Waals surface area contributed by atoms with Gasteiger partial charge in [-0.25, -0.2) is 4.39 Å². The van der Waals surface area contributed by atoms with Gasteiger partial charge in [-0.2, -0.15) is 0 Å². The number of benzene rings is 1. The lowest BCUT2D eigenvalue weighted by molar-refractivity contribution is -0.145. The third-order valence-electron chi connectivity index (χ3n) is 3.49. The molecule has 0 amide bonds. The molecule has 3 nitrogen and oxygen atoms in total. The lowest BCUT2D eigenvalue weighted by Crippen LogP contribution is -2.10. The molecule has 0 spiro atoms. The number of hydrogen-bond acceptors (Lipinski definition) is 3. The summed E-state index contributed by atoms with van der Waals surface area (Å²) in [5.41, 5.74) is 0.805. The van der Waals surface area contributed by atoms with Crippen LogP contribution >= 0.6 is 0 Å². The highest BCUT2D eigenvalue weighted by molar-refractivity contribution is 5.79. The zero-order valence-electron chi connectivity index (χ0n) is 9.48. The Labute approximate surface area is 98.5 Å². The molecule has 4 heteroatoms. The minimum absolute atomic E-state index is 0.0773. The lowest BCUT2D eigenvalue weighted by Gasteiger charge is -2.15. The van der Waals surface area contributed by atoms with Crippen molar-refractivity contribution >= 4 is 5.97 Å². The second kappa shape index (κ2) is 3.72. The van der Waals surface area contributed by atoms with Gasteiger partial charge in [0.25, 0.3) is 0 Å². The minimum atomic E-state index is -0.289. The normalized spacial score (nSPS) is 28.7. The molecular formula is C13H13FO3. The number of fused-ring (bicyclic) bond motifs is 3.